The van der Waals surface area contributed by atoms with E-state index >= 15 is 0 Å². The van der Waals surface area contributed by atoms with Crippen molar-refractivity contribution in [3.05, 3.63) is 77.6 Å². The van der Waals surface area contributed by atoms with Gasteiger partial charge in [0, 0.05) is 18.0 Å². The van der Waals surface area contributed by atoms with Crippen molar-refractivity contribution in [3.63, 3.8) is 0 Å². The van der Waals surface area contributed by atoms with Gasteiger partial charge in [0.05, 0.1) is 11.6 Å². The minimum absolute atomic E-state index is 0.0790. The normalized spacial score (nSPS) is 27.8. The lowest BCUT2D eigenvalue weighted by Crippen LogP contribution is -2.27. The Morgan fingerprint density at radius 3 is 2.65 bits per heavy atom. The van der Waals surface area contributed by atoms with Gasteiger partial charge in [-0.15, -0.1) is 0 Å². The van der Waals surface area contributed by atoms with Gasteiger partial charge in [0.25, 0.3) is 0 Å². The molecule has 3 heteroatoms. The molecule has 0 saturated heterocycles. The van der Waals surface area contributed by atoms with Crippen molar-refractivity contribution >= 4 is 5.78 Å². The Labute approximate surface area is 135 Å². The molecule has 3 nitrogen and oxygen atoms in total. The number of allylic oxidation sites excluding steroid dienone is 2. The van der Waals surface area contributed by atoms with E-state index in [4.69, 9.17) is 0 Å². The molecule has 2 aromatic rings. The Kier molecular flexibility index (Phi) is 3.31. The lowest BCUT2D eigenvalue weighted by molar-refractivity contribution is 0.0881. The molecule has 0 radical (unpaired) electrons. The number of carbonyl (C=O) groups excluding carboxylic acids is 1. The molecule has 1 fully saturated rings. The van der Waals surface area contributed by atoms with Crippen LogP contribution < -0.4 is 0 Å². The molecule has 1 aromatic heterocycles. The maximum absolute atomic E-state index is 13.0. The molecule has 0 unspecified atom stereocenters. The van der Waals surface area contributed by atoms with Gasteiger partial charge in [-0.3, -0.25) is 9.78 Å². The van der Waals surface area contributed by atoms with E-state index in [9.17, 15) is 10.1 Å². The van der Waals surface area contributed by atoms with Gasteiger partial charge in [0.1, 0.15) is 5.69 Å². The van der Waals surface area contributed by atoms with Gasteiger partial charge in [-0.25, -0.2) is 0 Å². The van der Waals surface area contributed by atoms with E-state index in [-0.39, 0.29) is 23.5 Å². The first kappa shape index (κ1) is 13.9. The van der Waals surface area contributed by atoms with Crippen LogP contribution in [0.2, 0.25) is 0 Å². The Bertz CT molecular complexity index is 819. The Morgan fingerprint density at radius 1 is 1.09 bits per heavy atom. The fraction of sp³-hybridized carbons (Fsp3) is 0.250. The number of nitriles is 1. The minimum Gasteiger partial charge on any atom is -0.292 e. The lowest BCUT2D eigenvalue weighted by Gasteiger charge is -2.27. The van der Waals surface area contributed by atoms with Crippen molar-refractivity contribution in [1.82, 2.24) is 4.98 Å². The number of hydrogen-bond acceptors (Lipinski definition) is 3. The van der Waals surface area contributed by atoms with Crippen molar-refractivity contribution in [2.24, 2.45) is 17.8 Å². The molecule has 112 valence electrons. The second kappa shape index (κ2) is 5.48. The van der Waals surface area contributed by atoms with Crippen molar-refractivity contribution < 1.29 is 4.79 Å². The Hall–Kier alpha value is -2.73. The van der Waals surface area contributed by atoms with Gasteiger partial charge in [0.2, 0.25) is 0 Å². The van der Waals surface area contributed by atoms with Crippen LogP contribution in [-0.2, 0) is 0 Å². The number of Topliss-reactive ketones (excluding diaryl/α,β-unsaturated/α-hetero) is 1. The van der Waals surface area contributed by atoms with E-state index in [0.717, 1.165) is 12.0 Å². The number of fused-ring (bicyclic) bond motifs is 2. The summed E-state index contributed by atoms with van der Waals surface area (Å²) >= 11 is 0. The zero-order valence-corrected chi connectivity index (χ0v) is 12.6. The van der Waals surface area contributed by atoms with Gasteiger partial charge in [-0.1, -0.05) is 36.4 Å². The summed E-state index contributed by atoms with van der Waals surface area (Å²) in [6, 6.07) is 15.4. The van der Waals surface area contributed by atoms with Crippen LogP contribution in [0.3, 0.4) is 0 Å². The van der Waals surface area contributed by atoms with Crippen LogP contribution in [0.5, 0.6) is 0 Å². The summed E-state index contributed by atoms with van der Waals surface area (Å²) in [7, 11) is 0. The van der Waals surface area contributed by atoms with E-state index in [1.165, 1.54) is 0 Å². The maximum atomic E-state index is 13.0. The molecule has 0 aliphatic heterocycles. The second-order valence-corrected chi connectivity index (χ2v) is 6.28. The van der Waals surface area contributed by atoms with Gasteiger partial charge >= 0.3 is 0 Å². The summed E-state index contributed by atoms with van der Waals surface area (Å²) in [5.41, 5.74) is 2.20. The first-order valence-corrected chi connectivity index (χ1v) is 7.92. The average Bonchev–Trinajstić information content (AvgIpc) is 3.23. The summed E-state index contributed by atoms with van der Waals surface area (Å²) in [5.74, 6) is 0.656. The summed E-state index contributed by atoms with van der Waals surface area (Å²) in [6.45, 7) is 0. The van der Waals surface area contributed by atoms with Crippen molar-refractivity contribution in [2.45, 2.75) is 12.3 Å². The van der Waals surface area contributed by atoms with Crippen LogP contribution in [0.1, 0.15) is 34.0 Å². The van der Waals surface area contributed by atoms with Crippen LogP contribution in [0.25, 0.3) is 0 Å². The SMILES string of the molecule is N#Cc1ccccc1[C@@H]1[C@@H](C(=O)c2ccccn2)[C@H]2C=C[C@@H]1C2. The molecule has 1 aromatic carbocycles. The van der Waals surface area contributed by atoms with E-state index in [1.54, 1.807) is 12.3 Å². The van der Waals surface area contributed by atoms with E-state index in [2.05, 4.69) is 23.2 Å². The molecule has 2 aliphatic carbocycles. The van der Waals surface area contributed by atoms with Gasteiger partial charge in [0.15, 0.2) is 5.78 Å². The van der Waals surface area contributed by atoms with Crippen molar-refractivity contribution in [1.29, 1.82) is 5.26 Å². The molecule has 1 heterocycles. The number of nitrogens with zero attached hydrogens (tertiary/aromatic N) is 2. The topological polar surface area (TPSA) is 53.8 Å². The highest BCUT2D eigenvalue weighted by atomic mass is 16.1. The fourth-order valence-corrected chi connectivity index (χ4v) is 4.17. The standard InChI is InChI=1S/C20H16N2O/c21-12-15-5-1-2-6-16(15)18-13-8-9-14(11-13)19(18)20(23)17-7-3-4-10-22-17/h1-10,13-14,18-19H,11H2/t13-,14+,18-,19+/m1/s1. The van der Waals surface area contributed by atoms with Gasteiger partial charge < -0.3 is 0 Å². The molecule has 0 N–H and O–H groups in total. The molecule has 4 atom stereocenters. The summed E-state index contributed by atoms with van der Waals surface area (Å²) in [6.07, 6.45) is 7.04. The summed E-state index contributed by atoms with van der Waals surface area (Å²) in [5, 5.41) is 9.43. The van der Waals surface area contributed by atoms with Crippen LogP contribution in [0, 0.1) is 29.1 Å². The third kappa shape index (κ3) is 2.19. The number of rotatable bonds is 3. The highest BCUT2D eigenvalue weighted by molar-refractivity contribution is 5.97. The highest BCUT2D eigenvalue weighted by Gasteiger charge is 2.49. The molecule has 0 spiro atoms. The molecule has 0 amide bonds. The Balaban J connectivity index is 1.78. The molecule has 4 rings (SSSR count). The number of benzene rings is 1. The quantitative estimate of drug-likeness (QED) is 0.641. The zero-order valence-electron chi connectivity index (χ0n) is 12.6. The van der Waals surface area contributed by atoms with E-state index < -0.39 is 0 Å². The van der Waals surface area contributed by atoms with Crippen LogP contribution >= 0.6 is 0 Å². The smallest absolute Gasteiger partial charge is 0.185 e. The first-order chi connectivity index (χ1) is 11.3. The predicted molar refractivity (Wildman–Crippen MR) is 86.7 cm³/mol. The molecule has 1 saturated carbocycles. The number of hydrogen-bond donors (Lipinski definition) is 0. The first-order valence-electron chi connectivity index (χ1n) is 7.92. The molecule has 2 aliphatic rings. The Morgan fingerprint density at radius 2 is 1.87 bits per heavy atom. The third-order valence-electron chi connectivity index (χ3n) is 5.12. The van der Waals surface area contributed by atoms with Gasteiger partial charge in [-0.2, -0.15) is 5.26 Å². The summed E-state index contributed by atoms with van der Waals surface area (Å²) in [4.78, 5) is 17.3. The number of carbonyl (C=O) groups is 1. The molecule has 23 heavy (non-hydrogen) atoms. The maximum Gasteiger partial charge on any atom is 0.185 e. The minimum atomic E-state index is -0.116. The van der Waals surface area contributed by atoms with E-state index in [1.807, 2.05) is 36.4 Å². The monoisotopic (exact) mass is 300 g/mol. The fourth-order valence-electron chi connectivity index (χ4n) is 4.17. The molecular formula is C20H16N2O. The van der Waals surface area contributed by atoms with Crippen molar-refractivity contribution in [2.75, 3.05) is 0 Å². The zero-order chi connectivity index (χ0) is 15.8. The number of aromatic nitrogens is 1. The summed E-state index contributed by atoms with van der Waals surface area (Å²) < 4.78 is 0. The molecular weight excluding hydrogens is 284 g/mol. The van der Waals surface area contributed by atoms with Crippen molar-refractivity contribution in [3.8, 4) is 6.07 Å². The lowest BCUT2D eigenvalue weighted by atomic mass is 9.74. The average molecular weight is 300 g/mol. The largest absolute Gasteiger partial charge is 0.292 e. The van der Waals surface area contributed by atoms with E-state index in [0.29, 0.717) is 17.2 Å². The third-order valence-corrected chi connectivity index (χ3v) is 5.12. The number of pyridine rings is 1. The highest BCUT2D eigenvalue weighted by Crippen LogP contribution is 2.54. The van der Waals surface area contributed by atoms with Crippen LogP contribution in [0.15, 0.2) is 60.8 Å². The van der Waals surface area contributed by atoms with Crippen LogP contribution in [-0.4, -0.2) is 10.8 Å². The molecule has 2 bridgehead atoms. The van der Waals surface area contributed by atoms with Crippen LogP contribution in [0.4, 0.5) is 0 Å². The second-order valence-electron chi connectivity index (χ2n) is 6.28. The predicted octanol–water partition coefficient (Wildman–Crippen LogP) is 3.74. The van der Waals surface area contributed by atoms with Gasteiger partial charge in [-0.05, 0) is 42.0 Å². The number of ketones is 1.